The molecular weight excluding hydrogens is 446 g/mol. The Labute approximate surface area is 205 Å². The molecule has 0 spiro atoms. The molecule has 1 heterocycles. The summed E-state index contributed by atoms with van der Waals surface area (Å²) in [5.41, 5.74) is 2.88. The van der Waals surface area contributed by atoms with E-state index in [0.29, 0.717) is 41.0 Å². The van der Waals surface area contributed by atoms with Crippen molar-refractivity contribution in [3.05, 3.63) is 76.6 Å². The molecular formula is C28H31NO6. The minimum atomic E-state index is -0.633. The first-order valence-electron chi connectivity index (χ1n) is 11.7. The van der Waals surface area contributed by atoms with Gasteiger partial charge in [-0.25, -0.2) is 4.79 Å². The highest BCUT2D eigenvalue weighted by Gasteiger charge is 2.43. The molecule has 0 unspecified atom stereocenters. The lowest BCUT2D eigenvalue weighted by Crippen LogP contribution is -2.38. The second-order valence-corrected chi connectivity index (χ2v) is 9.66. The van der Waals surface area contributed by atoms with Crippen molar-refractivity contribution in [2.24, 2.45) is 5.41 Å². The zero-order chi connectivity index (χ0) is 25.2. The van der Waals surface area contributed by atoms with Gasteiger partial charge in [-0.2, -0.15) is 0 Å². The minimum absolute atomic E-state index is 0.00833. The van der Waals surface area contributed by atoms with E-state index in [1.807, 2.05) is 37.3 Å². The van der Waals surface area contributed by atoms with Crippen LogP contribution in [0.4, 0.5) is 0 Å². The van der Waals surface area contributed by atoms with Gasteiger partial charge in [0.15, 0.2) is 17.3 Å². The maximum atomic E-state index is 13.4. The molecule has 1 atom stereocenters. The van der Waals surface area contributed by atoms with Gasteiger partial charge in [0.25, 0.3) is 0 Å². The third kappa shape index (κ3) is 5.19. The molecule has 0 radical (unpaired) electrons. The molecule has 0 amide bonds. The zero-order valence-corrected chi connectivity index (χ0v) is 20.5. The number of phenolic OH excluding ortho intramolecular Hbond substituents is 1. The number of Topliss-reactive ketones (excluding diaryl/α,β-unsaturated/α-hetero) is 1. The zero-order valence-electron chi connectivity index (χ0n) is 20.5. The van der Waals surface area contributed by atoms with Crippen molar-refractivity contribution >= 4 is 11.8 Å². The predicted octanol–water partition coefficient (Wildman–Crippen LogP) is 4.63. The summed E-state index contributed by atoms with van der Waals surface area (Å²) in [5, 5.41) is 13.4. The monoisotopic (exact) mass is 477 g/mol. The minimum Gasteiger partial charge on any atom is -0.504 e. The Morgan fingerprint density at radius 1 is 1.11 bits per heavy atom. The summed E-state index contributed by atoms with van der Waals surface area (Å²) in [6.07, 6.45) is 1.07. The Balaban J connectivity index is 1.64. The van der Waals surface area contributed by atoms with Crippen molar-refractivity contribution in [3.8, 4) is 17.2 Å². The molecule has 2 aliphatic rings. The smallest absolute Gasteiger partial charge is 0.336 e. The van der Waals surface area contributed by atoms with Crippen molar-refractivity contribution in [2.75, 3.05) is 20.3 Å². The quantitative estimate of drug-likeness (QED) is 0.444. The SMILES string of the molecule is COc1cc([C@H]2C(C(=O)OCCOc3ccccc3)=C(C)NC3=C2C(=O)CC(C)(C)C3)ccc1O. The molecule has 2 aromatic carbocycles. The maximum Gasteiger partial charge on any atom is 0.336 e. The summed E-state index contributed by atoms with van der Waals surface area (Å²) >= 11 is 0. The van der Waals surface area contributed by atoms with Crippen LogP contribution in [0.15, 0.2) is 71.1 Å². The molecule has 2 N–H and O–H groups in total. The van der Waals surface area contributed by atoms with Crippen LogP contribution < -0.4 is 14.8 Å². The molecule has 1 aliphatic heterocycles. The average Bonchev–Trinajstić information content (AvgIpc) is 2.81. The highest BCUT2D eigenvalue weighted by atomic mass is 16.6. The fraction of sp³-hybridized carbons (Fsp3) is 0.357. The van der Waals surface area contributed by atoms with Crippen molar-refractivity contribution in [3.63, 3.8) is 0 Å². The lowest BCUT2D eigenvalue weighted by atomic mass is 9.68. The van der Waals surface area contributed by atoms with Crippen molar-refractivity contribution in [1.82, 2.24) is 5.32 Å². The van der Waals surface area contributed by atoms with Gasteiger partial charge in [-0.3, -0.25) is 4.79 Å². The van der Waals surface area contributed by atoms with Crippen LogP contribution in [-0.2, 0) is 14.3 Å². The number of methoxy groups -OCH3 is 1. The van der Waals surface area contributed by atoms with Gasteiger partial charge >= 0.3 is 5.97 Å². The first-order valence-corrected chi connectivity index (χ1v) is 11.7. The van der Waals surface area contributed by atoms with Gasteiger partial charge in [0, 0.05) is 29.3 Å². The maximum absolute atomic E-state index is 13.4. The van der Waals surface area contributed by atoms with E-state index in [1.165, 1.54) is 13.2 Å². The number of ether oxygens (including phenoxy) is 3. The second kappa shape index (κ2) is 9.86. The first-order chi connectivity index (χ1) is 16.7. The van der Waals surface area contributed by atoms with Crippen molar-refractivity contribution < 1.29 is 28.9 Å². The summed E-state index contributed by atoms with van der Waals surface area (Å²) in [6, 6.07) is 14.2. The number of ketones is 1. The van der Waals surface area contributed by atoms with E-state index in [-0.39, 0.29) is 35.9 Å². The summed E-state index contributed by atoms with van der Waals surface area (Å²) < 4.78 is 16.5. The number of phenols is 1. The molecule has 2 aromatic rings. The highest BCUT2D eigenvalue weighted by Crippen LogP contribution is 2.47. The highest BCUT2D eigenvalue weighted by molar-refractivity contribution is 6.04. The van der Waals surface area contributed by atoms with Gasteiger partial charge in [0.2, 0.25) is 0 Å². The summed E-state index contributed by atoms with van der Waals surface area (Å²) in [6.45, 7) is 6.20. The number of para-hydroxylation sites is 1. The van der Waals surface area contributed by atoms with Gasteiger partial charge in [-0.1, -0.05) is 38.1 Å². The number of carbonyl (C=O) groups is 2. The van der Waals surface area contributed by atoms with E-state index in [0.717, 1.165) is 5.70 Å². The van der Waals surface area contributed by atoms with Crippen LogP contribution in [0.1, 0.15) is 45.1 Å². The molecule has 0 fully saturated rings. The number of carbonyl (C=O) groups excluding carboxylic acids is 2. The van der Waals surface area contributed by atoms with Gasteiger partial charge in [-0.05, 0) is 48.6 Å². The fourth-order valence-electron chi connectivity index (χ4n) is 4.80. The molecule has 0 bridgehead atoms. The Kier molecular flexibility index (Phi) is 6.87. The number of dihydropyridines is 1. The van der Waals surface area contributed by atoms with E-state index in [2.05, 4.69) is 19.2 Å². The third-order valence-electron chi connectivity index (χ3n) is 6.33. The number of hydrogen-bond acceptors (Lipinski definition) is 7. The van der Waals surface area contributed by atoms with Crippen LogP contribution in [0.3, 0.4) is 0 Å². The first kappa shape index (κ1) is 24.4. The van der Waals surface area contributed by atoms with Gasteiger partial charge < -0.3 is 24.6 Å². The third-order valence-corrected chi connectivity index (χ3v) is 6.33. The van der Waals surface area contributed by atoms with Crippen LogP contribution >= 0.6 is 0 Å². The molecule has 184 valence electrons. The average molecular weight is 478 g/mol. The molecule has 35 heavy (non-hydrogen) atoms. The van der Waals surface area contributed by atoms with Crippen LogP contribution in [-0.4, -0.2) is 37.2 Å². The molecule has 7 heteroatoms. The number of allylic oxidation sites excluding steroid dienone is 3. The summed E-state index contributed by atoms with van der Waals surface area (Å²) in [7, 11) is 1.46. The van der Waals surface area contributed by atoms with E-state index < -0.39 is 11.9 Å². The molecule has 0 saturated carbocycles. The molecule has 1 aliphatic carbocycles. The Morgan fingerprint density at radius 2 is 1.86 bits per heavy atom. The van der Waals surface area contributed by atoms with E-state index in [4.69, 9.17) is 14.2 Å². The number of aromatic hydroxyl groups is 1. The normalized spacial score (nSPS) is 19.1. The molecule has 7 nitrogen and oxygen atoms in total. The van der Waals surface area contributed by atoms with Crippen LogP contribution in [0.5, 0.6) is 17.2 Å². The number of benzene rings is 2. The second-order valence-electron chi connectivity index (χ2n) is 9.66. The van der Waals surface area contributed by atoms with Gasteiger partial charge in [0.05, 0.1) is 12.7 Å². The lowest BCUT2D eigenvalue weighted by Gasteiger charge is -2.39. The topological polar surface area (TPSA) is 94.1 Å². The summed E-state index contributed by atoms with van der Waals surface area (Å²) in [4.78, 5) is 26.7. The van der Waals surface area contributed by atoms with Crippen molar-refractivity contribution in [2.45, 2.75) is 39.5 Å². The Hall–Kier alpha value is -3.74. The van der Waals surface area contributed by atoms with Crippen molar-refractivity contribution in [1.29, 1.82) is 0 Å². The standard InChI is InChI=1S/C28H31NO6/c1-17-24(27(32)35-13-12-34-19-8-6-5-7-9-19)25(18-10-11-21(30)23(14-18)33-4)26-20(29-17)15-28(2,3)16-22(26)31/h5-11,14,25,29-30H,12-13,15-16H2,1-4H3/t25-/m0/s1. The predicted molar refractivity (Wildman–Crippen MR) is 131 cm³/mol. The Bertz CT molecular complexity index is 1200. The Morgan fingerprint density at radius 3 is 2.57 bits per heavy atom. The molecule has 4 rings (SSSR count). The number of hydrogen-bond donors (Lipinski definition) is 2. The number of nitrogens with one attached hydrogen (secondary N) is 1. The van der Waals surface area contributed by atoms with Crippen LogP contribution in [0.25, 0.3) is 0 Å². The van der Waals surface area contributed by atoms with Crippen LogP contribution in [0, 0.1) is 5.41 Å². The van der Waals surface area contributed by atoms with Crippen LogP contribution in [0.2, 0.25) is 0 Å². The fourth-order valence-corrected chi connectivity index (χ4v) is 4.80. The van der Waals surface area contributed by atoms with E-state index >= 15 is 0 Å². The number of rotatable bonds is 7. The summed E-state index contributed by atoms with van der Waals surface area (Å²) in [5.74, 6) is -0.213. The van der Waals surface area contributed by atoms with E-state index in [9.17, 15) is 14.7 Å². The van der Waals surface area contributed by atoms with E-state index in [1.54, 1.807) is 12.1 Å². The molecule has 0 aromatic heterocycles. The lowest BCUT2D eigenvalue weighted by molar-refractivity contribution is -0.140. The van der Waals surface area contributed by atoms with Gasteiger partial charge in [0.1, 0.15) is 19.0 Å². The van der Waals surface area contributed by atoms with Gasteiger partial charge in [-0.15, -0.1) is 0 Å². The molecule has 0 saturated heterocycles. The largest absolute Gasteiger partial charge is 0.504 e. The number of esters is 1.